The minimum atomic E-state index is 0.238. The Balaban J connectivity index is 4.30. The van der Waals surface area contributed by atoms with E-state index >= 15 is 0 Å². The summed E-state index contributed by atoms with van der Waals surface area (Å²) in [6, 6.07) is 0. The summed E-state index contributed by atoms with van der Waals surface area (Å²) in [4.78, 5) is 0. The fraction of sp³-hybridized carbons (Fsp3) is 1.00. The molecule has 0 aliphatic carbocycles. The van der Waals surface area contributed by atoms with Crippen LogP contribution in [0.4, 0.5) is 0 Å². The maximum Gasteiger partial charge on any atom is 0.0178 e. The predicted octanol–water partition coefficient (Wildman–Crippen LogP) is 3.34. The van der Waals surface area contributed by atoms with Crippen molar-refractivity contribution >= 4 is 0 Å². The maximum absolute atomic E-state index is 3.72. The smallest absolute Gasteiger partial charge is 0.0178 e. The lowest BCUT2D eigenvalue weighted by molar-refractivity contribution is 0.219. The van der Waals surface area contributed by atoms with Crippen molar-refractivity contribution < 1.29 is 0 Å². The highest BCUT2D eigenvalue weighted by Crippen LogP contribution is 2.22. The molecule has 0 aromatic heterocycles. The Morgan fingerprint density at radius 2 is 1.17 bits per heavy atom. The third kappa shape index (κ3) is 3.57. The Morgan fingerprint density at radius 3 is 1.25 bits per heavy atom. The first-order chi connectivity index (χ1) is 5.39. The molecule has 0 atom stereocenters. The molecule has 0 bridgehead atoms. The van der Waals surface area contributed by atoms with Gasteiger partial charge in [-0.25, -0.2) is 0 Å². The molecule has 0 rings (SSSR count). The van der Waals surface area contributed by atoms with Gasteiger partial charge in [0.1, 0.15) is 0 Å². The lowest BCUT2D eigenvalue weighted by Gasteiger charge is -2.39. The van der Waals surface area contributed by atoms with Crippen molar-refractivity contribution in [3.63, 3.8) is 0 Å². The van der Waals surface area contributed by atoms with E-state index in [1.165, 1.54) is 19.3 Å². The zero-order chi connectivity index (χ0) is 9.83. The molecule has 74 valence electrons. The molecule has 0 heterocycles. The van der Waals surface area contributed by atoms with Gasteiger partial charge in [0, 0.05) is 11.1 Å². The third-order valence-electron chi connectivity index (χ3n) is 2.67. The SMILES string of the molecule is CCC(CC)(CC)NC(C)(C)C. The van der Waals surface area contributed by atoms with Crippen LogP contribution >= 0.6 is 0 Å². The first-order valence-corrected chi connectivity index (χ1v) is 5.18. The molecule has 1 heteroatoms. The van der Waals surface area contributed by atoms with Crippen LogP contribution in [0.25, 0.3) is 0 Å². The molecule has 0 radical (unpaired) electrons. The van der Waals surface area contributed by atoms with Crippen molar-refractivity contribution in [3.8, 4) is 0 Å². The Morgan fingerprint density at radius 1 is 0.833 bits per heavy atom. The Kier molecular flexibility index (Phi) is 4.25. The van der Waals surface area contributed by atoms with Crippen molar-refractivity contribution in [3.05, 3.63) is 0 Å². The van der Waals surface area contributed by atoms with Gasteiger partial charge in [-0.3, -0.25) is 0 Å². The number of hydrogen-bond donors (Lipinski definition) is 1. The van der Waals surface area contributed by atoms with E-state index in [2.05, 4.69) is 46.9 Å². The fourth-order valence-corrected chi connectivity index (χ4v) is 1.81. The quantitative estimate of drug-likeness (QED) is 0.684. The van der Waals surface area contributed by atoms with Crippen LogP contribution in [0, 0.1) is 0 Å². The number of nitrogens with one attached hydrogen (secondary N) is 1. The molecule has 1 N–H and O–H groups in total. The van der Waals surface area contributed by atoms with Gasteiger partial charge in [0.15, 0.2) is 0 Å². The molecule has 0 fully saturated rings. The van der Waals surface area contributed by atoms with Gasteiger partial charge in [-0.05, 0) is 40.0 Å². The van der Waals surface area contributed by atoms with Crippen molar-refractivity contribution in [2.24, 2.45) is 0 Å². The molecule has 1 nitrogen and oxygen atoms in total. The summed E-state index contributed by atoms with van der Waals surface area (Å²) in [5.41, 5.74) is 0.598. The molecule has 0 aromatic rings. The van der Waals surface area contributed by atoms with Crippen LogP contribution < -0.4 is 5.32 Å². The van der Waals surface area contributed by atoms with Crippen molar-refractivity contribution in [1.82, 2.24) is 5.32 Å². The Hall–Kier alpha value is -0.0400. The molecule has 0 saturated heterocycles. The molecular formula is C11H25N. The fourth-order valence-electron chi connectivity index (χ4n) is 1.81. The standard InChI is InChI=1S/C11H25N/c1-7-11(8-2,9-3)12-10(4,5)6/h12H,7-9H2,1-6H3. The van der Waals surface area contributed by atoms with Gasteiger partial charge in [0.05, 0.1) is 0 Å². The molecule has 0 amide bonds. The van der Waals surface area contributed by atoms with Gasteiger partial charge < -0.3 is 5.32 Å². The van der Waals surface area contributed by atoms with Gasteiger partial charge >= 0.3 is 0 Å². The largest absolute Gasteiger partial charge is 0.307 e. The summed E-state index contributed by atoms with van der Waals surface area (Å²) >= 11 is 0. The minimum absolute atomic E-state index is 0.238. The van der Waals surface area contributed by atoms with Gasteiger partial charge in [-0.2, -0.15) is 0 Å². The average Bonchev–Trinajstić information content (AvgIpc) is 1.99. The average molecular weight is 171 g/mol. The van der Waals surface area contributed by atoms with E-state index < -0.39 is 0 Å². The minimum Gasteiger partial charge on any atom is -0.307 e. The molecule has 12 heavy (non-hydrogen) atoms. The first kappa shape index (κ1) is 12.0. The number of hydrogen-bond acceptors (Lipinski definition) is 1. The third-order valence-corrected chi connectivity index (χ3v) is 2.67. The van der Waals surface area contributed by atoms with Crippen LogP contribution in [0.1, 0.15) is 60.8 Å². The zero-order valence-corrected chi connectivity index (χ0v) is 9.62. The van der Waals surface area contributed by atoms with Gasteiger partial charge in [-0.1, -0.05) is 20.8 Å². The second kappa shape index (κ2) is 4.27. The van der Waals surface area contributed by atoms with Crippen LogP contribution in [-0.4, -0.2) is 11.1 Å². The number of rotatable bonds is 4. The van der Waals surface area contributed by atoms with Gasteiger partial charge in [-0.15, -0.1) is 0 Å². The van der Waals surface area contributed by atoms with E-state index in [0.29, 0.717) is 5.54 Å². The Bertz CT molecular complexity index is 109. The van der Waals surface area contributed by atoms with E-state index in [1.807, 2.05) is 0 Å². The second-order valence-electron chi connectivity index (χ2n) is 4.72. The summed E-state index contributed by atoms with van der Waals surface area (Å²) in [5.74, 6) is 0. The van der Waals surface area contributed by atoms with E-state index in [1.54, 1.807) is 0 Å². The highest BCUT2D eigenvalue weighted by atomic mass is 15.0. The molecule has 0 aromatic carbocycles. The van der Waals surface area contributed by atoms with Crippen LogP contribution in [0.2, 0.25) is 0 Å². The molecule has 0 aliphatic heterocycles. The van der Waals surface area contributed by atoms with Crippen LogP contribution in [0.3, 0.4) is 0 Å². The lowest BCUT2D eigenvalue weighted by atomic mass is 9.87. The lowest BCUT2D eigenvalue weighted by Crippen LogP contribution is -2.53. The van der Waals surface area contributed by atoms with Crippen molar-refractivity contribution in [2.45, 2.75) is 71.9 Å². The van der Waals surface area contributed by atoms with Crippen LogP contribution in [0.15, 0.2) is 0 Å². The molecular weight excluding hydrogens is 146 g/mol. The van der Waals surface area contributed by atoms with E-state index in [0.717, 1.165) is 0 Å². The monoisotopic (exact) mass is 171 g/mol. The van der Waals surface area contributed by atoms with Gasteiger partial charge in [0.25, 0.3) is 0 Å². The van der Waals surface area contributed by atoms with E-state index in [9.17, 15) is 0 Å². The normalized spacial score (nSPS) is 13.5. The van der Waals surface area contributed by atoms with E-state index in [4.69, 9.17) is 0 Å². The molecule has 0 unspecified atom stereocenters. The summed E-state index contributed by atoms with van der Waals surface area (Å²) in [7, 11) is 0. The van der Waals surface area contributed by atoms with Gasteiger partial charge in [0.2, 0.25) is 0 Å². The highest BCUT2D eigenvalue weighted by Gasteiger charge is 2.27. The Labute approximate surface area is 77.9 Å². The first-order valence-electron chi connectivity index (χ1n) is 5.18. The summed E-state index contributed by atoms with van der Waals surface area (Å²) < 4.78 is 0. The maximum atomic E-state index is 3.72. The van der Waals surface area contributed by atoms with Crippen LogP contribution in [0.5, 0.6) is 0 Å². The predicted molar refractivity (Wildman–Crippen MR) is 56.5 cm³/mol. The molecule has 0 aliphatic rings. The molecule has 0 spiro atoms. The zero-order valence-electron chi connectivity index (χ0n) is 9.62. The summed E-state index contributed by atoms with van der Waals surface area (Å²) in [6.07, 6.45) is 3.66. The second-order valence-corrected chi connectivity index (χ2v) is 4.72. The van der Waals surface area contributed by atoms with Crippen LogP contribution in [-0.2, 0) is 0 Å². The molecule has 0 saturated carbocycles. The van der Waals surface area contributed by atoms with Crippen molar-refractivity contribution in [1.29, 1.82) is 0 Å². The summed E-state index contributed by atoms with van der Waals surface area (Å²) in [5, 5.41) is 3.72. The topological polar surface area (TPSA) is 12.0 Å². The highest BCUT2D eigenvalue weighted by molar-refractivity contribution is 4.89. The van der Waals surface area contributed by atoms with E-state index in [-0.39, 0.29) is 5.54 Å². The van der Waals surface area contributed by atoms with Crippen molar-refractivity contribution in [2.75, 3.05) is 0 Å². The summed E-state index contributed by atoms with van der Waals surface area (Å²) in [6.45, 7) is 13.5.